The standard InChI is InChI=1S/C15H17NOS/c1-2-17-12-8-4-3-6-10(12)14-11-7-5-9-13(11)18-15(14)16/h3-4,6,8H,2,5,7,9,16H2,1H3. The minimum absolute atomic E-state index is 0.684. The molecular formula is C15H17NOS. The maximum atomic E-state index is 6.21. The Morgan fingerprint density at radius 3 is 2.94 bits per heavy atom. The number of nitrogens with two attached hydrogens (primary N) is 1. The molecule has 0 amide bonds. The van der Waals surface area contributed by atoms with Crippen molar-refractivity contribution in [1.29, 1.82) is 0 Å². The first kappa shape index (κ1) is 11.6. The molecule has 0 saturated heterocycles. The van der Waals surface area contributed by atoms with Gasteiger partial charge in [-0.25, -0.2) is 0 Å². The number of rotatable bonds is 3. The number of thiophene rings is 1. The fourth-order valence-corrected chi connectivity index (χ4v) is 3.85. The van der Waals surface area contributed by atoms with Crippen LogP contribution in [0.25, 0.3) is 11.1 Å². The van der Waals surface area contributed by atoms with Crippen molar-refractivity contribution in [1.82, 2.24) is 0 Å². The van der Waals surface area contributed by atoms with Gasteiger partial charge in [0.1, 0.15) is 5.75 Å². The summed E-state index contributed by atoms with van der Waals surface area (Å²) in [4.78, 5) is 1.47. The summed E-state index contributed by atoms with van der Waals surface area (Å²) in [6.45, 7) is 2.70. The lowest BCUT2D eigenvalue weighted by molar-refractivity contribution is 0.341. The third-order valence-corrected chi connectivity index (χ3v) is 4.53. The molecule has 1 aliphatic carbocycles. The summed E-state index contributed by atoms with van der Waals surface area (Å²) < 4.78 is 5.72. The van der Waals surface area contributed by atoms with Gasteiger partial charge in [0.05, 0.1) is 11.6 Å². The van der Waals surface area contributed by atoms with Crippen molar-refractivity contribution in [3.63, 3.8) is 0 Å². The molecule has 1 aliphatic rings. The zero-order chi connectivity index (χ0) is 12.5. The average Bonchev–Trinajstić information content (AvgIpc) is 2.90. The highest BCUT2D eigenvalue weighted by Crippen LogP contribution is 2.45. The molecule has 2 nitrogen and oxygen atoms in total. The Labute approximate surface area is 111 Å². The molecule has 1 aromatic carbocycles. The van der Waals surface area contributed by atoms with Gasteiger partial charge in [0.25, 0.3) is 0 Å². The molecule has 18 heavy (non-hydrogen) atoms. The number of hydrogen-bond acceptors (Lipinski definition) is 3. The van der Waals surface area contributed by atoms with E-state index < -0.39 is 0 Å². The van der Waals surface area contributed by atoms with Gasteiger partial charge in [0.15, 0.2) is 0 Å². The molecule has 1 heterocycles. The van der Waals surface area contributed by atoms with Crippen LogP contribution < -0.4 is 10.5 Å². The number of para-hydroxylation sites is 1. The first-order valence-electron chi connectivity index (χ1n) is 6.43. The van der Waals surface area contributed by atoms with Crippen LogP contribution in [-0.4, -0.2) is 6.61 Å². The number of fused-ring (bicyclic) bond motifs is 1. The van der Waals surface area contributed by atoms with Crippen LogP contribution in [0.15, 0.2) is 24.3 Å². The van der Waals surface area contributed by atoms with Gasteiger partial charge in [0, 0.05) is 16.0 Å². The molecule has 1 aromatic heterocycles. The second-order valence-electron chi connectivity index (χ2n) is 4.53. The first-order valence-corrected chi connectivity index (χ1v) is 7.25. The topological polar surface area (TPSA) is 35.2 Å². The summed E-state index contributed by atoms with van der Waals surface area (Å²) >= 11 is 1.75. The van der Waals surface area contributed by atoms with Gasteiger partial charge in [-0.1, -0.05) is 18.2 Å². The maximum Gasteiger partial charge on any atom is 0.127 e. The molecule has 0 unspecified atom stereocenters. The Balaban J connectivity index is 2.15. The second-order valence-corrected chi connectivity index (χ2v) is 5.66. The van der Waals surface area contributed by atoms with Gasteiger partial charge >= 0.3 is 0 Å². The summed E-state index contributed by atoms with van der Waals surface area (Å²) in [5, 5.41) is 0.937. The van der Waals surface area contributed by atoms with Crippen LogP contribution in [0, 0.1) is 0 Å². The first-order chi connectivity index (χ1) is 8.81. The molecule has 0 aliphatic heterocycles. The molecule has 0 bridgehead atoms. The van der Waals surface area contributed by atoms with Crippen molar-refractivity contribution in [2.45, 2.75) is 26.2 Å². The largest absolute Gasteiger partial charge is 0.493 e. The van der Waals surface area contributed by atoms with E-state index >= 15 is 0 Å². The van der Waals surface area contributed by atoms with E-state index in [-0.39, 0.29) is 0 Å². The van der Waals surface area contributed by atoms with Crippen molar-refractivity contribution in [3.05, 3.63) is 34.7 Å². The van der Waals surface area contributed by atoms with Crippen LogP contribution in [-0.2, 0) is 12.8 Å². The van der Waals surface area contributed by atoms with Crippen molar-refractivity contribution in [2.75, 3.05) is 12.3 Å². The summed E-state index contributed by atoms with van der Waals surface area (Å²) in [5.41, 5.74) is 10.0. The van der Waals surface area contributed by atoms with Gasteiger partial charge in [0.2, 0.25) is 0 Å². The van der Waals surface area contributed by atoms with Gasteiger partial charge in [-0.2, -0.15) is 0 Å². The Hall–Kier alpha value is -1.48. The number of ether oxygens (including phenoxy) is 1. The van der Waals surface area contributed by atoms with E-state index in [9.17, 15) is 0 Å². The van der Waals surface area contributed by atoms with E-state index in [1.807, 2.05) is 19.1 Å². The third-order valence-electron chi connectivity index (χ3n) is 3.40. The number of aryl methyl sites for hydroxylation is 1. The van der Waals surface area contributed by atoms with Crippen LogP contribution in [0.5, 0.6) is 5.75 Å². The summed E-state index contributed by atoms with van der Waals surface area (Å²) in [6.07, 6.45) is 3.59. The Bertz CT molecular complexity index is 574. The summed E-state index contributed by atoms with van der Waals surface area (Å²) in [6, 6.07) is 8.20. The molecule has 0 atom stereocenters. The molecule has 0 radical (unpaired) electrons. The molecule has 3 heteroatoms. The van der Waals surface area contributed by atoms with Gasteiger partial charge in [-0.15, -0.1) is 11.3 Å². The Morgan fingerprint density at radius 1 is 1.28 bits per heavy atom. The highest BCUT2D eigenvalue weighted by molar-refractivity contribution is 7.16. The van der Waals surface area contributed by atoms with Crippen molar-refractivity contribution < 1.29 is 4.74 Å². The smallest absolute Gasteiger partial charge is 0.127 e. The zero-order valence-corrected chi connectivity index (χ0v) is 11.3. The van der Waals surface area contributed by atoms with Crippen LogP contribution >= 0.6 is 11.3 Å². The predicted octanol–water partition coefficient (Wildman–Crippen LogP) is 3.88. The lowest BCUT2D eigenvalue weighted by Crippen LogP contribution is -1.96. The van der Waals surface area contributed by atoms with E-state index in [0.29, 0.717) is 6.61 Å². The fourth-order valence-electron chi connectivity index (χ4n) is 2.68. The zero-order valence-electron chi connectivity index (χ0n) is 10.5. The monoisotopic (exact) mass is 259 g/mol. The number of anilines is 1. The van der Waals surface area contributed by atoms with E-state index in [4.69, 9.17) is 10.5 Å². The Morgan fingerprint density at radius 2 is 2.11 bits per heavy atom. The van der Waals surface area contributed by atoms with E-state index in [2.05, 4.69) is 12.1 Å². The molecule has 3 rings (SSSR count). The summed E-state index contributed by atoms with van der Waals surface area (Å²) in [5.74, 6) is 0.944. The predicted molar refractivity (Wildman–Crippen MR) is 77.4 cm³/mol. The van der Waals surface area contributed by atoms with Crippen LogP contribution in [0.3, 0.4) is 0 Å². The van der Waals surface area contributed by atoms with Crippen molar-refractivity contribution >= 4 is 16.3 Å². The average molecular weight is 259 g/mol. The van der Waals surface area contributed by atoms with Crippen LogP contribution in [0.1, 0.15) is 23.8 Å². The fraction of sp³-hybridized carbons (Fsp3) is 0.333. The molecule has 2 N–H and O–H groups in total. The van der Waals surface area contributed by atoms with E-state index in [0.717, 1.165) is 22.7 Å². The SMILES string of the molecule is CCOc1ccccc1-c1c(N)sc2c1CCC2. The second kappa shape index (κ2) is 4.65. The molecule has 0 fully saturated rings. The minimum Gasteiger partial charge on any atom is -0.493 e. The highest BCUT2D eigenvalue weighted by atomic mass is 32.1. The molecule has 0 spiro atoms. The van der Waals surface area contributed by atoms with Crippen molar-refractivity contribution in [3.8, 4) is 16.9 Å². The van der Waals surface area contributed by atoms with Gasteiger partial charge in [-0.05, 0) is 37.8 Å². The van der Waals surface area contributed by atoms with Crippen molar-refractivity contribution in [2.24, 2.45) is 0 Å². The summed E-state index contributed by atoms with van der Waals surface area (Å²) in [7, 11) is 0. The lowest BCUT2D eigenvalue weighted by atomic mass is 10.0. The number of nitrogen functional groups attached to an aromatic ring is 1. The lowest BCUT2D eigenvalue weighted by Gasteiger charge is -2.11. The molecular weight excluding hydrogens is 242 g/mol. The van der Waals surface area contributed by atoms with E-state index in [1.54, 1.807) is 11.3 Å². The van der Waals surface area contributed by atoms with Crippen LogP contribution in [0.2, 0.25) is 0 Å². The molecule has 0 saturated carbocycles. The van der Waals surface area contributed by atoms with Crippen LogP contribution in [0.4, 0.5) is 5.00 Å². The molecule has 2 aromatic rings. The third kappa shape index (κ3) is 1.79. The van der Waals surface area contributed by atoms with Gasteiger partial charge < -0.3 is 10.5 Å². The van der Waals surface area contributed by atoms with Gasteiger partial charge in [-0.3, -0.25) is 0 Å². The Kier molecular flexibility index (Phi) is 3.00. The number of benzene rings is 1. The molecule has 94 valence electrons. The van der Waals surface area contributed by atoms with E-state index in [1.165, 1.54) is 28.8 Å². The maximum absolute atomic E-state index is 6.21. The highest BCUT2D eigenvalue weighted by Gasteiger charge is 2.23. The quantitative estimate of drug-likeness (QED) is 0.907. The number of hydrogen-bond donors (Lipinski definition) is 1. The minimum atomic E-state index is 0.684. The normalized spacial score (nSPS) is 13.6.